The Bertz CT molecular complexity index is 1390. The maximum absolute atomic E-state index is 12.8. The predicted molar refractivity (Wildman–Crippen MR) is 138 cm³/mol. The Hall–Kier alpha value is -4.37. The lowest BCUT2D eigenvalue weighted by Gasteiger charge is -2.11. The van der Waals surface area contributed by atoms with Crippen molar-refractivity contribution in [1.82, 2.24) is 30.5 Å². The highest BCUT2D eigenvalue weighted by Crippen LogP contribution is 2.39. The topological polar surface area (TPSA) is 123 Å². The molecule has 0 bridgehead atoms. The van der Waals surface area contributed by atoms with E-state index in [1.54, 1.807) is 24.7 Å². The summed E-state index contributed by atoms with van der Waals surface area (Å²) >= 11 is 0. The molecule has 5 rings (SSSR count). The van der Waals surface area contributed by atoms with Crippen LogP contribution in [0.25, 0.3) is 22.4 Å². The van der Waals surface area contributed by atoms with Gasteiger partial charge in [0.15, 0.2) is 12.0 Å². The molecular weight excluding hydrogens is 454 g/mol. The number of aldehydes is 1. The van der Waals surface area contributed by atoms with Crippen LogP contribution in [0.4, 0.5) is 5.69 Å². The van der Waals surface area contributed by atoms with Crippen molar-refractivity contribution in [3.8, 4) is 22.4 Å². The molecule has 1 aliphatic rings. The van der Waals surface area contributed by atoms with E-state index in [0.717, 1.165) is 40.7 Å². The van der Waals surface area contributed by atoms with E-state index in [2.05, 4.69) is 35.8 Å². The monoisotopic (exact) mass is 481 g/mol. The highest BCUT2D eigenvalue weighted by molar-refractivity contribution is 6.03. The molecule has 4 aromatic rings. The van der Waals surface area contributed by atoms with Crippen molar-refractivity contribution in [1.29, 1.82) is 0 Å². The van der Waals surface area contributed by atoms with Crippen LogP contribution in [0.2, 0.25) is 0 Å². The second-order valence-corrected chi connectivity index (χ2v) is 8.54. The first-order valence-electron chi connectivity index (χ1n) is 11.6. The van der Waals surface area contributed by atoms with Gasteiger partial charge in [0.1, 0.15) is 12.0 Å². The molecule has 182 valence electrons. The minimum atomic E-state index is -0.297. The molecule has 1 fully saturated rings. The van der Waals surface area contributed by atoms with Gasteiger partial charge in [0.25, 0.3) is 5.91 Å². The average Bonchev–Trinajstić information content (AvgIpc) is 3.76. The van der Waals surface area contributed by atoms with Crippen LogP contribution in [-0.2, 0) is 0 Å². The van der Waals surface area contributed by atoms with Gasteiger partial charge >= 0.3 is 0 Å². The average molecular weight is 482 g/mol. The van der Waals surface area contributed by atoms with Crippen molar-refractivity contribution in [2.45, 2.75) is 25.7 Å². The largest absolute Gasteiger partial charge is 0.323 e. The van der Waals surface area contributed by atoms with Crippen molar-refractivity contribution in [2.75, 3.05) is 19.4 Å². The maximum Gasteiger partial charge on any atom is 0.276 e. The van der Waals surface area contributed by atoms with Crippen LogP contribution in [-0.4, -0.2) is 51.4 Å². The molecule has 0 unspecified atom stereocenters. The van der Waals surface area contributed by atoms with Gasteiger partial charge in [-0.05, 0) is 86.8 Å². The molecule has 0 atom stereocenters. The van der Waals surface area contributed by atoms with Gasteiger partial charge in [-0.15, -0.1) is 5.10 Å². The van der Waals surface area contributed by atoms with E-state index in [0.29, 0.717) is 35.0 Å². The number of hydrogen-bond acceptors (Lipinski definition) is 8. The van der Waals surface area contributed by atoms with E-state index >= 15 is 0 Å². The van der Waals surface area contributed by atoms with Gasteiger partial charge < -0.3 is 10.6 Å². The predicted octanol–water partition coefficient (Wildman–Crippen LogP) is 4.08. The smallest absolute Gasteiger partial charge is 0.276 e. The molecule has 0 radical (unpaired) electrons. The molecule has 0 spiro atoms. The van der Waals surface area contributed by atoms with E-state index in [4.69, 9.17) is 0 Å². The first-order chi connectivity index (χ1) is 17.5. The molecule has 9 nitrogen and oxygen atoms in total. The van der Waals surface area contributed by atoms with Crippen LogP contribution in [0.3, 0.4) is 0 Å². The highest BCUT2D eigenvalue weighted by atomic mass is 16.2. The Morgan fingerprint density at radius 3 is 2.53 bits per heavy atom. The summed E-state index contributed by atoms with van der Waals surface area (Å²) < 4.78 is 0. The lowest BCUT2D eigenvalue weighted by molar-refractivity contribution is 0.102. The molecule has 1 amide bonds. The minimum Gasteiger partial charge on any atom is -0.323 e. The number of amides is 1. The molecule has 2 N–H and O–H groups in total. The summed E-state index contributed by atoms with van der Waals surface area (Å²) in [4.78, 5) is 36.3. The van der Waals surface area contributed by atoms with Gasteiger partial charge in [-0.1, -0.05) is 6.07 Å². The summed E-state index contributed by atoms with van der Waals surface area (Å²) in [7, 11) is 3.75. The second-order valence-electron chi connectivity index (χ2n) is 8.54. The Labute approximate surface area is 209 Å². The quantitative estimate of drug-likeness (QED) is 0.395. The van der Waals surface area contributed by atoms with Crippen molar-refractivity contribution < 1.29 is 9.59 Å². The van der Waals surface area contributed by atoms with Gasteiger partial charge in [-0.3, -0.25) is 14.6 Å². The standard InChI is InChI=1S/C25H20N6O2.C2H7N/c1-15-2-5-20(30-25(33)24-7-17(12-29-31-24)16-3-4-16)8-22(15)18-6-19(11-26-10-18)23-9-21(13-32)27-14-28-23;1-3-2/h2,5-14,16H,3-4H2,1H3,(H,30,33);3H,1-2H3. The number of hydrogen-bond donors (Lipinski definition) is 2. The fraction of sp³-hybridized carbons (Fsp3) is 0.222. The number of benzene rings is 1. The van der Waals surface area contributed by atoms with E-state index in [1.807, 2.05) is 51.4 Å². The summed E-state index contributed by atoms with van der Waals surface area (Å²) in [6, 6.07) is 11.1. The van der Waals surface area contributed by atoms with E-state index in [-0.39, 0.29) is 5.91 Å². The Morgan fingerprint density at radius 2 is 1.78 bits per heavy atom. The van der Waals surface area contributed by atoms with Crippen LogP contribution in [0.5, 0.6) is 0 Å². The Kier molecular flexibility index (Phi) is 7.82. The minimum absolute atomic E-state index is 0.297. The van der Waals surface area contributed by atoms with Crippen LogP contribution in [0, 0.1) is 6.92 Å². The lowest BCUT2D eigenvalue weighted by Crippen LogP contribution is -2.14. The molecule has 9 heteroatoms. The summed E-state index contributed by atoms with van der Waals surface area (Å²) in [5, 5.41) is 13.7. The second kappa shape index (κ2) is 11.4. The molecule has 0 aliphatic heterocycles. The highest BCUT2D eigenvalue weighted by Gasteiger charge is 2.25. The Morgan fingerprint density at radius 1 is 1.00 bits per heavy atom. The zero-order valence-electron chi connectivity index (χ0n) is 20.4. The summed E-state index contributed by atoms with van der Waals surface area (Å²) in [5.74, 6) is 0.198. The molecule has 1 aliphatic carbocycles. The number of carbonyl (C=O) groups is 2. The zero-order chi connectivity index (χ0) is 25.5. The zero-order valence-corrected chi connectivity index (χ0v) is 20.4. The number of nitrogens with zero attached hydrogens (tertiary/aromatic N) is 5. The van der Waals surface area contributed by atoms with E-state index < -0.39 is 0 Å². The van der Waals surface area contributed by atoms with E-state index in [1.165, 1.54) is 6.33 Å². The third kappa shape index (κ3) is 6.00. The van der Waals surface area contributed by atoms with Gasteiger partial charge in [0.05, 0.1) is 11.9 Å². The van der Waals surface area contributed by atoms with Crippen molar-refractivity contribution in [3.63, 3.8) is 0 Å². The van der Waals surface area contributed by atoms with Gasteiger partial charge in [-0.25, -0.2) is 9.97 Å². The number of nitrogens with one attached hydrogen (secondary N) is 2. The lowest BCUT2D eigenvalue weighted by atomic mass is 9.99. The first-order valence-corrected chi connectivity index (χ1v) is 11.6. The molecular formula is C27H27N7O2. The summed E-state index contributed by atoms with van der Waals surface area (Å²) in [6.45, 7) is 1.99. The van der Waals surface area contributed by atoms with Crippen molar-refractivity contribution in [3.05, 3.63) is 83.8 Å². The van der Waals surface area contributed by atoms with Gasteiger partial charge in [-0.2, -0.15) is 5.10 Å². The molecule has 3 aromatic heterocycles. The Balaban J connectivity index is 0.000000967. The van der Waals surface area contributed by atoms with Crippen molar-refractivity contribution in [2.24, 2.45) is 0 Å². The third-order valence-corrected chi connectivity index (χ3v) is 5.61. The summed E-state index contributed by atoms with van der Waals surface area (Å²) in [5.41, 5.74) is 6.50. The normalized spacial score (nSPS) is 12.3. The van der Waals surface area contributed by atoms with Crippen LogP contribution in [0.15, 0.2) is 61.3 Å². The number of rotatable bonds is 6. The fourth-order valence-corrected chi connectivity index (χ4v) is 3.66. The van der Waals surface area contributed by atoms with Crippen LogP contribution >= 0.6 is 0 Å². The number of pyridine rings is 1. The maximum atomic E-state index is 12.8. The molecule has 36 heavy (non-hydrogen) atoms. The first kappa shape index (κ1) is 24.7. The van der Waals surface area contributed by atoms with Crippen LogP contribution in [0.1, 0.15) is 50.9 Å². The number of anilines is 1. The third-order valence-electron chi connectivity index (χ3n) is 5.61. The summed E-state index contributed by atoms with van der Waals surface area (Å²) in [6.07, 6.45) is 9.47. The molecule has 1 saturated carbocycles. The molecule has 1 aromatic carbocycles. The number of carbonyl (C=O) groups excluding carboxylic acids is 2. The SMILES string of the molecule is CNC.Cc1ccc(NC(=O)c2cc(C3CC3)cnn2)cc1-c1cncc(-c2cc(C=O)ncn2)c1. The van der Waals surface area contributed by atoms with Gasteiger partial charge in [0, 0.05) is 29.2 Å². The number of aryl methyl sites for hydroxylation is 1. The van der Waals surface area contributed by atoms with Crippen LogP contribution < -0.4 is 10.6 Å². The van der Waals surface area contributed by atoms with Gasteiger partial charge in [0.2, 0.25) is 0 Å². The molecule has 0 saturated heterocycles. The fourth-order valence-electron chi connectivity index (χ4n) is 3.66. The molecule has 3 heterocycles. The van der Waals surface area contributed by atoms with Crippen molar-refractivity contribution >= 4 is 17.9 Å². The number of aromatic nitrogens is 5. The van der Waals surface area contributed by atoms with E-state index in [9.17, 15) is 9.59 Å².